The van der Waals surface area contributed by atoms with Crippen LogP contribution in [0.4, 0.5) is 0 Å². The van der Waals surface area contributed by atoms with Crippen LogP contribution in [-0.4, -0.2) is 56.1 Å². The van der Waals surface area contributed by atoms with Crippen LogP contribution in [0, 0.1) is 0 Å². The fraction of sp³-hybridized carbons (Fsp3) is 0.462. The highest BCUT2D eigenvalue weighted by molar-refractivity contribution is 7.91. The van der Waals surface area contributed by atoms with E-state index in [-0.39, 0.29) is 11.5 Å². The lowest BCUT2D eigenvalue weighted by molar-refractivity contribution is 0.219. The number of hydrogen-bond donors (Lipinski definition) is 1. The fourth-order valence-corrected chi connectivity index (χ4v) is 3.50. The van der Waals surface area contributed by atoms with Crippen LogP contribution in [0.25, 0.3) is 0 Å². The summed E-state index contributed by atoms with van der Waals surface area (Å²) in [6, 6.07) is 7.38. The Kier molecular flexibility index (Phi) is 4.95. The molecule has 1 saturated heterocycles. The Morgan fingerprint density at radius 2 is 1.95 bits per heavy atom. The molecule has 0 spiro atoms. The summed E-state index contributed by atoms with van der Waals surface area (Å²) in [6.07, 6.45) is 0. The van der Waals surface area contributed by atoms with Gasteiger partial charge in [-0.25, -0.2) is 8.42 Å². The van der Waals surface area contributed by atoms with Crippen molar-refractivity contribution in [3.8, 4) is 5.75 Å². The van der Waals surface area contributed by atoms with Gasteiger partial charge in [0.25, 0.3) is 0 Å². The van der Waals surface area contributed by atoms with Gasteiger partial charge in [0.05, 0.1) is 17.1 Å². The van der Waals surface area contributed by atoms with Crippen LogP contribution >= 0.6 is 12.2 Å². The van der Waals surface area contributed by atoms with E-state index in [9.17, 15) is 8.42 Å². The molecule has 0 saturated carbocycles. The molecule has 0 bridgehead atoms. The van der Waals surface area contributed by atoms with E-state index in [2.05, 4.69) is 4.90 Å². The third-order valence-electron chi connectivity index (χ3n) is 3.25. The van der Waals surface area contributed by atoms with Crippen molar-refractivity contribution in [1.29, 1.82) is 0 Å². The number of nitrogens with two attached hydrogens (primary N) is 1. The minimum atomic E-state index is -2.83. The number of sulfone groups is 1. The molecule has 7 heteroatoms. The van der Waals surface area contributed by atoms with Crippen LogP contribution in [-0.2, 0) is 9.84 Å². The van der Waals surface area contributed by atoms with Crippen molar-refractivity contribution in [1.82, 2.24) is 4.90 Å². The number of para-hydroxylation sites is 1. The van der Waals surface area contributed by atoms with Gasteiger partial charge in [-0.2, -0.15) is 0 Å². The van der Waals surface area contributed by atoms with Gasteiger partial charge >= 0.3 is 0 Å². The average Bonchev–Trinajstić information content (AvgIpc) is 2.41. The van der Waals surface area contributed by atoms with E-state index in [1.807, 2.05) is 24.3 Å². The van der Waals surface area contributed by atoms with Gasteiger partial charge in [0, 0.05) is 19.6 Å². The van der Waals surface area contributed by atoms with Gasteiger partial charge < -0.3 is 10.5 Å². The van der Waals surface area contributed by atoms with Crippen LogP contribution in [0.2, 0.25) is 0 Å². The number of ether oxygens (including phenoxy) is 1. The molecule has 1 heterocycles. The molecule has 110 valence electrons. The van der Waals surface area contributed by atoms with E-state index >= 15 is 0 Å². The molecule has 0 unspecified atom stereocenters. The van der Waals surface area contributed by atoms with Gasteiger partial charge in [-0.05, 0) is 12.1 Å². The monoisotopic (exact) mass is 314 g/mol. The van der Waals surface area contributed by atoms with Gasteiger partial charge in [-0.3, -0.25) is 4.90 Å². The number of thiocarbonyl (C=S) groups is 1. The van der Waals surface area contributed by atoms with Gasteiger partial charge in [0.1, 0.15) is 17.3 Å². The highest BCUT2D eigenvalue weighted by atomic mass is 32.2. The number of nitrogens with zero attached hydrogens (tertiary/aromatic N) is 1. The Balaban J connectivity index is 1.84. The molecule has 0 radical (unpaired) electrons. The predicted molar refractivity (Wildman–Crippen MR) is 82.9 cm³/mol. The predicted octanol–water partition coefficient (Wildman–Crippen LogP) is 0.430. The molecule has 1 aromatic rings. The summed E-state index contributed by atoms with van der Waals surface area (Å²) >= 11 is 4.97. The van der Waals surface area contributed by atoms with Gasteiger partial charge in [0.15, 0.2) is 9.84 Å². The zero-order valence-corrected chi connectivity index (χ0v) is 12.8. The van der Waals surface area contributed by atoms with Crippen molar-refractivity contribution in [2.24, 2.45) is 5.73 Å². The second-order valence-electron chi connectivity index (χ2n) is 4.70. The lowest BCUT2D eigenvalue weighted by Crippen LogP contribution is -2.42. The number of hydrogen-bond acceptors (Lipinski definition) is 5. The van der Waals surface area contributed by atoms with Crippen LogP contribution in [0.1, 0.15) is 5.56 Å². The van der Waals surface area contributed by atoms with Crippen LogP contribution in [0.5, 0.6) is 5.75 Å². The lowest BCUT2D eigenvalue weighted by Gasteiger charge is -2.26. The minimum absolute atomic E-state index is 0.233. The summed E-state index contributed by atoms with van der Waals surface area (Å²) in [4.78, 5) is 2.40. The maximum atomic E-state index is 11.3. The first kappa shape index (κ1) is 15.2. The van der Waals surface area contributed by atoms with E-state index in [0.717, 1.165) is 5.56 Å². The molecule has 1 aliphatic heterocycles. The second kappa shape index (κ2) is 6.51. The Hall–Kier alpha value is -1.18. The van der Waals surface area contributed by atoms with Crippen LogP contribution in [0.15, 0.2) is 24.3 Å². The summed E-state index contributed by atoms with van der Waals surface area (Å²) in [5.41, 5.74) is 6.36. The van der Waals surface area contributed by atoms with E-state index in [4.69, 9.17) is 22.7 Å². The molecular formula is C13H18N2O3S2. The van der Waals surface area contributed by atoms with Gasteiger partial charge in [-0.1, -0.05) is 24.4 Å². The van der Waals surface area contributed by atoms with E-state index in [1.54, 1.807) is 0 Å². The van der Waals surface area contributed by atoms with E-state index < -0.39 is 9.84 Å². The Morgan fingerprint density at radius 1 is 1.30 bits per heavy atom. The quantitative estimate of drug-likeness (QED) is 0.795. The first-order valence-electron chi connectivity index (χ1n) is 6.42. The van der Waals surface area contributed by atoms with Gasteiger partial charge in [-0.15, -0.1) is 0 Å². The molecule has 0 amide bonds. The SMILES string of the molecule is NC(=S)c1ccccc1OCCN1CCS(=O)(=O)CC1. The molecule has 2 rings (SSSR count). The van der Waals surface area contributed by atoms with Crippen molar-refractivity contribution in [3.63, 3.8) is 0 Å². The third-order valence-corrected chi connectivity index (χ3v) is 5.08. The summed E-state index contributed by atoms with van der Waals surface area (Å²) < 4.78 is 28.3. The maximum Gasteiger partial charge on any atom is 0.152 e. The zero-order chi connectivity index (χ0) is 14.6. The molecule has 1 aliphatic rings. The minimum Gasteiger partial charge on any atom is -0.492 e. The largest absolute Gasteiger partial charge is 0.492 e. The van der Waals surface area contributed by atoms with Crippen molar-refractivity contribution in [3.05, 3.63) is 29.8 Å². The Labute approximate surface area is 124 Å². The molecule has 0 aliphatic carbocycles. The van der Waals surface area contributed by atoms with Gasteiger partial charge in [0.2, 0.25) is 0 Å². The van der Waals surface area contributed by atoms with Crippen LogP contribution in [0.3, 0.4) is 0 Å². The summed E-state index contributed by atoms with van der Waals surface area (Å²) in [7, 11) is -2.83. The van der Waals surface area contributed by atoms with E-state index in [0.29, 0.717) is 37.0 Å². The molecule has 0 aromatic heterocycles. The van der Waals surface area contributed by atoms with E-state index in [1.165, 1.54) is 0 Å². The average molecular weight is 314 g/mol. The lowest BCUT2D eigenvalue weighted by atomic mass is 10.2. The molecule has 1 fully saturated rings. The van der Waals surface area contributed by atoms with Crippen molar-refractivity contribution in [2.45, 2.75) is 0 Å². The molecule has 1 aromatic carbocycles. The second-order valence-corrected chi connectivity index (χ2v) is 7.45. The topological polar surface area (TPSA) is 72.6 Å². The third kappa shape index (κ3) is 4.16. The zero-order valence-electron chi connectivity index (χ0n) is 11.1. The van der Waals surface area contributed by atoms with Crippen molar-refractivity contribution < 1.29 is 13.2 Å². The molecular weight excluding hydrogens is 296 g/mol. The standard InChI is InChI=1S/C13H18N2O3S2/c14-13(19)11-3-1-2-4-12(11)18-8-5-15-6-9-20(16,17)10-7-15/h1-4H,5-10H2,(H2,14,19). The Morgan fingerprint density at radius 3 is 2.60 bits per heavy atom. The maximum absolute atomic E-state index is 11.3. The highest BCUT2D eigenvalue weighted by Crippen LogP contribution is 2.17. The molecule has 5 nitrogen and oxygen atoms in total. The Bertz CT molecular complexity index is 573. The first-order chi connectivity index (χ1) is 9.48. The van der Waals surface area contributed by atoms with Crippen molar-refractivity contribution >= 4 is 27.0 Å². The number of benzene rings is 1. The smallest absolute Gasteiger partial charge is 0.152 e. The fourth-order valence-electron chi connectivity index (χ4n) is 2.05. The summed E-state index contributed by atoms with van der Waals surface area (Å²) in [6.45, 7) is 2.33. The molecule has 2 N–H and O–H groups in total. The normalized spacial score (nSPS) is 18.6. The van der Waals surface area contributed by atoms with Crippen molar-refractivity contribution in [2.75, 3.05) is 37.7 Å². The number of rotatable bonds is 5. The highest BCUT2D eigenvalue weighted by Gasteiger charge is 2.21. The summed E-state index contributed by atoms with van der Waals surface area (Å²) in [5, 5.41) is 0. The molecule has 20 heavy (non-hydrogen) atoms. The first-order valence-corrected chi connectivity index (χ1v) is 8.65. The summed E-state index contributed by atoms with van der Waals surface area (Å²) in [5.74, 6) is 1.14. The molecule has 0 atom stereocenters. The van der Waals surface area contributed by atoms with Crippen LogP contribution < -0.4 is 10.5 Å².